The zero-order valence-electron chi connectivity index (χ0n) is 44.2. The van der Waals surface area contributed by atoms with Gasteiger partial charge in [-0.15, -0.1) is 0 Å². The van der Waals surface area contributed by atoms with Crippen molar-refractivity contribution in [1.82, 2.24) is 23.9 Å². The molecule has 11 rings (SSSR count). The molecule has 5 aromatic rings. The third-order valence-corrected chi connectivity index (χ3v) is 20.2. The number of nitro groups is 1. The van der Waals surface area contributed by atoms with Crippen LogP contribution in [-0.2, 0) is 20.0 Å². The van der Waals surface area contributed by atoms with Crippen molar-refractivity contribution in [3.8, 4) is 23.1 Å². The van der Waals surface area contributed by atoms with Gasteiger partial charge in [0.05, 0.1) is 39.3 Å². The number of aromatic nitrogens is 2. The lowest BCUT2D eigenvalue weighted by Crippen LogP contribution is -2.54. The molecule has 3 atom stereocenters. The second kappa shape index (κ2) is 20.7. The molecule has 19 nitrogen and oxygen atoms in total. The number of amides is 1. The number of likely N-dealkylation sites (tertiary alicyclic amines) is 1. The van der Waals surface area contributed by atoms with Crippen LogP contribution in [0.4, 0.5) is 17.1 Å². The van der Waals surface area contributed by atoms with Crippen molar-refractivity contribution < 1.29 is 45.9 Å². The standard InChI is InChI=1S/C56H70N8O11S2/c1-35(2)42-10-5-6-11-43(42)46-12-8-23-62(46)40-31-56(32-40)20-25-61(26-21-56)38-13-14-44(48(28-38)75-50-27-37-17-22-57-52(37)59-54(50)74-33-39-9-7-24-63(39)76(4,69)70)53(65)60-77(71,72)41-29-47(64(67)68)51-49(30-41)73-34-45(58-51)36-15-18-55(3,66)19-16-36/h5-6,10-11,13-14,17,22,27-30,35-36,39-40,45-46,58,66H,7-9,12,15-16,18-21,23-26,31-34H2,1-4H3,(H,57,59)(H,60,65)/t36-,39-,45-,46-,55-/m1/s1. The minimum atomic E-state index is -4.78. The highest BCUT2D eigenvalue weighted by Gasteiger charge is 2.50. The van der Waals surface area contributed by atoms with Crippen molar-refractivity contribution in [3.63, 3.8) is 0 Å². The fraction of sp³-hybridized carbons (Fsp3) is 0.536. The Morgan fingerprint density at radius 1 is 0.948 bits per heavy atom. The third kappa shape index (κ3) is 10.8. The van der Waals surface area contributed by atoms with Crippen molar-refractivity contribution in [2.24, 2.45) is 11.3 Å². The molecule has 0 bridgehead atoms. The molecular weight excluding hydrogens is 1020 g/mol. The molecule has 3 saturated heterocycles. The summed E-state index contributed by atoms with van der Waals surface area (Å²) in [4.78, 5) is 38.7. The molecule has 1 amide bonds. The van der Waals surface area contributed by atoms with Gasteiger partial charge in [0.25, 0.3) is 27.5 Å². The molecule has 3 aromatic carbocycles. The molecule has 412 valence electrons. The van der Waals surface area contributed by atoms with Crippen LogP contribution in [-0.4, -0.2) is 121 Å². The number of pyridine rings is 1. The number of anilines is 2. The number of carbonyl (C=O) groups excluding carboxylic acids is 1. The SMILES string of the molecule is CC(C)c1ccccc1[C@H]1CCCN1C1CC2(CCN(c3ccc(C(=O)NS(=O)(=O)c4cc5c(c([N+](=O)[O-])c4)N[C@@H]([C@H]4CC[C@](C)(O)CC4)CO5)c(Oc4cc5cc[nH]c5nc4OC[C@H]4CCCN4S(C)(=O)=O)c3)CC2)C1. The minimum Gasteiger partial charge on any atom is -0.489 e. The number of ether oxygens (including phenoxy) is 3. The summed E-state index contributed by atoms with van der Waals surface area (Å²) in [5.41, 5.74) is 2.97. The van der Waals surface area contributed by atoms with Crippen LogP contribution in [0.2, 0.25) is 0 Å². The van der Waals surface area contributed by atoms with E-state index in [9.17, 15) is 36.9 Å². The number of nitrogens with one attached hydrogen (secondary N) is 3. The Kier molecular flexibility index (Phi) is 14.2. The predicted octanol–water partition coefficient (Wildman–Crippen LogP) is 9.01. The van der Waals surface area contributed by atoms with Gasteiger partial charge in [0, 0.05) is 67.2 Å². The Morgan fingerprint density at radius 2 is 1.70 bits per heavy atom. The van der Waals surface area contributed by atoms with Gasteiger partial charge >= 0.3 is 0 Å². The van der Waals surface area contributed by atoms with Crippen molar-refractivity contribution in [2.45, 2.75) is 138 Å². The summed E-state index contributed by atoms with van der Waals surface area (Å²) >= 11 is 0. The van der Waals surface area contributed by atoms with Gasteiger partial charge in [-0.25, -0.2) is 21.6 Å². The molecule has 0 unspecified atom stereocenters. The van der Waals surface area contributed by atoms with Crippen molar-refractivity contribution in [2.75, 3.05) is 55.9 Å². The maximum absolute atomic E-state index is 14.5. The average molecular weight is 1100 g/mol. The van der Waals surface area contributed by atoms with Crippen molar-refractivity contribution in [1.29, 1.82) is 0 Å². The first kappa shape index (κ1) is 53.0. The highest BCUT2D eigenvalue weighted by molar-refractivity contribution is 7.90. The maximum atomic E-state index is 14.5. The molecule has 0 radical (unpaired) electrons. The Hall–Kier alpha value is -6.00. The molecular formula is C56H70N8O11S2. The number of rotatable bonds is 15. The van der Waals surface area contributed by atoms with Crippen LogP contribution < -0.4 is 29.1 Å². The van der Waals surface area contributed by atoms with Gasteiger partial charge in [0.2, 0.25) is 10.0 Å². The van der Waals surface area contributed by atoms with Crippen LogP contribution in [0.3, 0.4) is 0 Å². The summed E-state index contributed by atoms with van der Waals surface area (Å²) in [6, 6.07) is 19.7. The summed E-state index contributed by atoms with van der Waals surface area (Å²) in [5.74, 6) is -0.419. The smallest absolute Gasteiger partial charge is 0.297 e. The van der Waals surface area contributed by atoms with Crippen molar-refractivity contribution in [3.05, 3.63) is 99.7 Å². The van der Waals surface area contributed by atoms with Gasteiger partial charge in [-0.1, -0.05) is 38.1 Å². The summed E-state index contributed by atoms with van der Waals surface area (Å²) in [6.07, 6.45) is 13.3. The van der Waals surface area contributed by atoms with Crippen LogP contribution in [0, 0.1) is 21.4 Å². The Bertz CT molecular complexity index is 3290. The average Bonchev–Trinajstić information content (AvgIpc) is 4.19. The lowest BCUT2D eigenvalue weighted by atomic mass is 9.59. The number of piperidine rings is 1. The molecule has 5 fully saturated rings. The number of nitrogens with zero attached hydrogens (tertiary/aromatic N) is 5. The highest BCUT2D eigenvalue weighted by atomic mass is 32.2. The van der Waals surface area contributed by atoms with E-state index in [0.29, 0.717) is 74.1 Å². The molecule has 1 spiro atoms. The first-order valence-corrected chi connectivity index (χ1v) is 30.6. The summed E-state index contributed by atoms with van der Waals surface area (Å²) in [6.45, 7) is 9.44. The summed E-state index contributed by atoms with van der Waals surface area (Å²) < 4.78 is 76.4. The number of H-pyrrole nitrogens is 1. The molecule has 6 heterocycles. The van der Waals surface area contributed by atoms with E-state index in [4.69, 9.17) is 19.2 Å². The monoisotopic (exact) mass is 1090 g/mol. The first-order chi connectivity index (χ1) is 36.7. The Labute approximate surface area is 450 Å². The van der Waals surface area contributed by atoms with Gasteiger partial charge < -0.3 is 34.5 Å². The molecule has 21 heteroatoms. The first-order valence-electron chi connectivity index (χ1n) is 27.2. The van der Waals surface area contributed by atoms with Gasteiger partial charge in [0.1, 0.15) is 24.6 Å². The number of fused-ring (bicyclic) bond motifs is 2. The van der Waals surface area contributed by atoms with E-state index in [1.54, 1.807) is 37.4 Å². The second-order valence-corrected chi connectivity index (χ2v) is 26.7. The zero-order valence-corrected chi connectivity index (χ0v) is 45.8. The van der Waals surface area contributed by atoms with Crippen molar-refractivity contribution >= 4 is 54.0 Å². The summed E-state index contributed by atoms with van der Waals surface area (Å²) in [7, 11) is -8.29. The number of benzene rings is 3. The van der Waals surface area contributed by atoms with E-state index in [1.807, 2.05) is 0 Å². The van der Waals surface area contributed by atoms with Gasteiger partial charge in [-0.2, -0.15) is 9.29 Å². The normalized spacial score (nSPS) is 25.0. The molecule has 4 aliphatic heterocycles. The number of hydrogen-bond donors (Lipinski definition) is 4. The number of aromatic amines is 1. The number of nitro benzene ring substituents is 1. The number of carbonyl (C=O) groups is 1. The van der Waals surface area contributed by atoms with E-state index in [1.165, 1.54) is 46.7 Å². The summed E-state index contributed by atoms with van der Waals surface area (Å²) in [5, 5.41) is 27.0. The van der Waals surface area contributed by atoms with E-state index in [-0.39, 0.29) is 65.0 Å². The van der Waals surface area contributed by atoms with E-state index >= 15 is 0 Å². The van der Waals surface area contributed by atoms with Crippen LogP contribution in [0.1, 0.15) is 131 Å². The lowest BCUT2D eigenvalue weighted by molar-refractivity contribution is -0.384. The molecule has 2 saturated carbocycles. The van der Waals surface area contributed by atoms with Gasteiger partial charge in [0.15, 0.2) is 17.2 Å². The second-order valence-electron chi connectivity index (χ2n) is 23.1. The molecule has 6 aliphatic rings. The van der Waals surface area contributed by atoms with Crippen LogP contribution in [0.25, 0.3) is 11.0 Å². The van der Waals surface area contributed by atoms with Crippen LogP contribution in [0.15, 0.2) is 77.8 Å². The maximum Gasteiger partial charge on any atom is 0.297 e. The van der Waals surface area contributed by atoms with E-state index in [0.717, 1.165) is 57.1 Å². The van der Waals surface area contributed by atoms with Crippen LogP contribution in [0.5, 0.6) is 23.1 Å². The Morgan fingerprint density at radius 3 is 2.44 bits per heavy atom. The Balaban J connectivity index is 0.854. The lowest BCUT2D eigenvalue weighted by Gasteiger charge is -2.56. The highest BCUT2D eigenvalue weighted by Crippen LogP contribution is 2.55. The van der Waals surface area contributed by atoms with E-state index < -0.39 is 53.1 Å². The zero-order chi connectivity index (χ0) is 54.0. The predicted molar refractivity (Wildman–Crippen MR) is 292 cm³/mol. The quantitative estimate of drug-likeness (QED) is 0.0565. The number of hydrogen-bond acceptors (Lipinski definition) is 15. The van der Waals surface area contributed by atoms with Gasteiger partial charge in [-0.3, -0.25) is 19.8 Å². The molecule has 2 aliphatic carbocycles. The van der Waals surface area contributed by atoms with E-state index in [2.05, 4.69) is 62.9 Å². The fourth-order valence-electron chi connectivity index (χ4n) is 13.2. The molecule has 2 aromatic heterocycles. The largest absolute Gasteiger partial charge is 0.489 e. The molecule has 77 heavy (non-hydrogen) atoms. The third-order valence-electron chi connectivity index (χ3n) is 17.5. The minimum absolute atomic E-state index is 0.000311. The topological polar surface area (TPSA) is 239 Å². The molecule has 4 N–H and O–H groups in total. The van der Waals surface area contributed by atoms with Crippen LogP contribution >= 0.6 is 0 Å². The number of sulfonamides is 2. The fourth-order valence-corrected chi connectivity index (χ4v) is 15.4. The number of aliphatic hydroxyl groups is 1. The van der Waals surface area contributed by atoms with Gasteiger partial charge in [-0.05, 0) is 143 Å².